The Labute approximate surface area is 150 Å². The van der Waals surface area contributed by atoms with Crippen molar-refractivity contribution in [1.29, 1.82) is 0 Å². The lowest BCUT2D eigenvalue weighted by atomic mass is 10.0. The highest BCUT2D eigenvalue weighted by Gasteiger charge is 2.30. The number of carbonyl (C=O) groups excluding carboxylic acids is 2. The molecule has 1 amide bonds. The van der Waals surface area contributed by atoms with Gasteiger partial charge in [0.05, 0.1) is 13.2 Å². The van der Waals surface area contributed by atoms with E-state index in [0.717, 1.165) is 22.2 Å². The van der Waals surface area contributed by atoms with E-state index in [-0.39, 0.29) is 5.91 Å². The zero-order chi connectivity index (χ0) is 18.3. The first kappa shape index (κ1) is 16.4. The third kappa shape index (κ3) is 2.65. The Morgan fingerprint density at radius 1 is 1.31 bits per heavy atom. The largest absolute Gasteiger partial charge is 0.461 e. The maximum absolute atomic E-state index is 13.0. The van der Waals surface area contributed by atoms with Crippen molar-refractivity contribution < 1.29 is 14.3 Å². The topological polar surface area (TPSA) is 80.2 Å². The van der Waals surface area contributed by atoms with Crippen LogP contribution in [-0.2, 0) is 24.8 Å². The van der Waals surface area contributed by atoms with Crippen molar-refractivity contribution in [2.45, 2.75) is 19.9 Å². The number of esters is 1. The number of nitrogens with one attached hydrogen (secondary N) is 1. The molecule has 1 N–H and O–H groups in total. The molecule has 0 bridgehead atoms. The fraction of sp³-hybridized carbons (Fsp3) is 0.316. The van der Waals surface area contributed by atoms with Crippen LogP contribution in [0.1, 0.15) is 39.0 Å². The molecule has 134 valence electrons. The average Bonchev–Trinajstić information content (AvgIpc) is 3.25. The molecule has 2 aromatic heterocycles. The molecule has 0 aliphatic carbocycles. The number of benzene rings is 1. The number of aromatic amines is 1. The van der Waals surface area contributed by atoms with Crippen molar-refractivity contribution in [2.24, 2.45) is 7.05 Å². The molecule has 0 unspecified atom stereocenters. The Morgan fingerprint density at radius 3 is 2.96 bits per heavy atom. The molecule has 0 spiro atoms. The summed E-state index contributed by atoms with van der Waals surface area (Å²) in [4.78, 5) is 30.0. The van der Waals surface area contributed by atoms with Gasteiger partial charge in [-0.15, -0.1) is 0 Å². The first-order valence-electron chi connectivity index (χ1n) is 8.66. The van der Waals surface area contributed by atoms with E-state index in [4.69, 9.17) is 4.74 Å². The first-order valence-corrected chi connectivity index (χ1v) is 8.66. The van der Waals surface area contributed by atoms with E-state index in [2.05, 4.69) is 10.1 Å². The number of H-pyrrole nitrogens is 1. The van der Waals surface area contributed by atoms with Gasteiger partial charge in [-0.1, -0.05) is 6.07 Å². The van der Waals surface area contributed by atoms with Crippen LogP contribution in [0.25, 0.3) is 10.9 Å². The lowest BCUT2D eigenvalue weighted by Crippen LogP contribution is -2.36. The molecule has 7 nitrogen and oxygen atoms in total. The Bertz CT molecular complexity index is 1000. The van der Waals surface area contributed by atoms with Gasteiger partial charge in [0, 0.05) is 48.5 Å². The van der Waals surface area contributed by atoms with Crippen LogP contribution in [0.3, 0.4) is 0 Å². The van der Waals surface area contributed by atoms with Crippen LogP contribution in [0.5, 0.6) is 0 Å². The molecule has 3 heterocycles. The second-order valence-electron chi connectivity index (χ2n) is 6.37. The monoisotopic (exact) mass is 352 g/mol. The van der Waals surface area contributed by atoms with Crippen LogP contribution >= 0.6 is 0 Å². The number of hydrogen-bond donors (Lipinski definition) is 1. The van der Waals surface area contributed by atoms with Crippen LogP contribution in [0.2, 0.25) is 0 Å². The van der Waals surface area contributed by atoms with Gasteiger partial charge in [-0.05, 0) is 30.5 Å². The SMILES string of the molecule is CCOC(=O)c1nn(C)c2c1CN(C(=O)c1ccc3cc[nH]c3c1)CC2. The molecule has 0 fully saturated rings. The van der Waals surface area contributed by atoms with Crippen LogP contribution in [-0.4, -0.2) is 44.7 Å². The van der Waals surface area contributed by atoms with E-state index in [1.54, 1.807) is 16.5 Å². The number of hydrogen-bond acceptors (Lipinski definition) is 4. The third-order valence-corrected chi connectivity index (χ3v) is 4.80. The number of carbonyl (C=O) groups is 2. The zero-order valence-corrected chi connectivity index (χ0v) is 14.8. The number of amides is 1. The molecule has 4 rings (SSSR count). The molecule has 0 saturated carbocycles. The number of fused-ring (bicyclic) bond motifs is 2. The van der Waals surface area contributed by atoms with E-state index in [1.165, 1.54) is 0 Å². The fourth-order valence-corrected chi connectivity index (χ4v) is 3.49. The average molecular weight is 352 g/mol. The molecule has 0 saturated heterocycles. The van der Waals surface area contributed by atoms with E-state index >= 15 is 0 Å². The number of aromatic nitrogens is 3. The molecule has 1 aromatic carbocycles. The van der Waals surface area contributed by atoms with Crippen molar-refractivity contribution in [1.82, 2.24) is 19.7 Å². The van der Waals surface area contributed by atoms with Crippen LogP contribution < -0.4 is 0 Å². The van der Waals surface area contributed by atoms with Gasteiger partial charge in [0.25, 0.3) is 5.91 Å². The Kier molecular flexibility index (Phi) is 3.99. The van der Waals surface area contributed by atoms with Crippen molar-refractivity contribution in [2.75, 3.05) is 13.2 Å². The highest BCUT2D eigenvalue weighted by atomic mass is 16.5. The van der Waals surface area contributed by atoms with Crippen molar-refractivity contribution in [3.05, 3.63) is 53.0 Å². The van der Waals surface area contributed by atoms with E-state index < -0.39 is 5.97 Å². The number of ether oxygens (including phenoxy) is 1. The summed E-state index contributed by atoms with van der Waals surface area (Å²) in [5.74, 6) is -0.489. The summed E-state index contributed by atoms with van der Waals surface area (Å²) < 4.78 is 6.82. The van der Waals surface area contributed by atoms with Gasteiger partial charge in [0.1, 0.15) is 0 Å². The van der Waals surface area contributed by atoms with Crippen LogP contribution in [0, 0.1) is 0 Å². The van der Waals surface area contributed by atoms with Gasteiger partial charge in [-0.3, -0.25) is 9.48 Å². The predicted octanol–water partition coefficient (Wildman–Crippen LogP) is 2.28. The first-order chi connectivity index (χ1) is 12.6. The molecule has 1 aliphatic heterocycles. The third-order valence-electron chi connectivity index (χ3n) is 4.80. The van der Waals surface area contributed by atoms with Gasteiger partial charge >= 0.3 is 5.97 Å². The zero-order valence-electron chi connectivity index (χ0n) is 14.8. The molecular weight excluding hydrogens is 332 g/mol. The summed E-state index contributed by atoms with van der Waals surface area (Å²) in [6.45, 7) is 3.01. The molecule has 26 heavy (non-hydrogen) atoms. The lowest BCUT2D eigenvalue weighted by molar-refractivity contribution is 0.0513. The lowest BCUT2D eigenvalue weighted by Gasteiger charge is -2.27. The van der Waals surface area contributed by atoms with Gasteiger partial charge in [-0.25, -0.2) is 4.79 Å². The van der Waals surface area contributed by atoms with Crippen molar-refractivity contribution >= 4 is 22.8 Å². The maximum Gasteiger partial charge on any atom is 0.359 e. The van der Waals surface area contributed by atoms with E-state index in [9.17, 15) is 9.59 Å². The van der Waals surface area contributed by atoms with Crippen molar-refractivity contribution in [3.63, 3.8) is 0 Å². The molecule has 0 atom stereocenters. The van der Waals surface area contributed by atoms with Gasteiger partial charge in [-0.2, -0.15) is 5.10 Å². The van der Waals surface area contributed by atoms with E-state index in [0.29, 0.717) is 37.4 Å². The quantitative estimate of drug-likeness (QED) is 0.734. The minimum atomic E-state index is -0.438. The minimum absolute atomic E-state index is 0.0502. The fourth-order valence-electron chi connectivity index (χ4n) is 3.49. The highest BCUT2D eigenvalue weighted by Crippen LogP contribution is 2.25. The summed E-state index contributed by atoms with van der Waals surface area (Å²) in [5.41, 5.74) is 3.64. The Morgan fingerprint density at radius 2 is 2.15 bits per heavy atom. The minimum Gasteiger partial charge on any atom is -0.461 e. The van der Waals surface area contributed by atoms with Crippen LogP contribution in [0.4, 0.5) is 0 Å². The molecule has 0 radical (unpaired) electrons. The Balaban J connectivity index is 1.63. The molecular formula is C19H20N4O3. The Hall–Kier alpha value is -3.09. The molecule has 3 aromatic rings. The number of rotatable bonds is 3. The van der Waals surface area contributed by atoms with Gasteiger partial charge < -0.3 is 14.6 Å². The van der Waals surface area contributed by atoms with Crippen molar-refractivity contribution in [3.8, 4) is 0 Å². The van der Waals surface area contributed by atoms with Gasteiger partial charge in [0.15, 0.2) is 5.69 Å². The number of nitrogens with zero attached hydrogens (tertiary/aromatic N) is 3. The van der Waals surface area contributed by atoms with E-state index in [1.807, 2.05) is 37.5 Å². The highest BCUT2D eigenvalue weighted by molar-refractivity contribution is 5.98. The summed E-state index contributed by atoms with van der Waals surface area (Å²) in [6, 6.07) is 7.60. The smallest absolute Gasteiger partial charge is 0.359 e. The summed E-state index contributed by atoms with van der Waals surface area (Å²) >= 11 is 0. The predicted molar refractivity (Wildman–Crippen MR) is 95.9 cm³/mol. The normalized spacial score (nSPS) is 13.7. The standard InChI is InChI=1S/C19H20N4O3/c1-3-26-19(25)17-14-11-23(9-7-16(14)22(2)21-17)18(24)13-5-4-12-6-8-20-15(12)10-13/h4-6,8,10,20H,3,7,9,11H2,1-2H3. The summed E-state index contributed by atoms with van der Waals surface area (Å²) in [5, 5.41) is 5.38. The molecule has 1 aliphatic rings. The molecule has 7 heteroatoms. The maximum atomic E-state index is 13.0. The second-order valence-corrected chi connectivity index (χ2v) is 6.37. The number of aryl methyl sites for hydroxylation is 1. The second kappa shape index (κ2) is 6.33. The van der Waals surface area contributed by atoms with Gasteiger partial charge in [0.2, 0.25) is 0 Å². The summed E-state index contributed by atoms with van der Waals surface area (Å²) in [6.07, 6.45) is 2.52. The van der Waals surface area contributed by atoms with Crippen LogP contribution in [0.15, 0.2) is 30.5 Å². The summed E-state index contributed by atoms with van der Waals surface area (Å²) in [7, 11) is 1.82.